The van der Waals surface area contributed by atoms with Gasteiger partial charge in [-0.1, -0.05) is 19.9 Å². The van der Waals surface area contributed by atoms with Crippen molar-refractivity contribution in [3.8, 4) is 0 Å². The molecule has 22 heavy (non-hydrogen) atoms. The first kappa shape index (κ1) is 15.8. The van der Waals surface area contributed by atoms with Gasteiger partial charge >= 0.3 is 0 Å². The number of para-hydroxylation sites is 1. The molecule has 0 aliphatic rings. The lowest BCUT2D eigenvalue weighted by molar-refractivity contribution is 0.0948. The number of halogens is 2. The van der Waals surface area contributed by atoms with E-state index in [4.69, 9.17) is 0 Å². The Bertz CT molecular complexity index is 639. The zero-order valence-corrected chi connectivity index (χ0v) is 12.2. The minimum absolute atomic E-state index is 0.00408. The first-order valence-corrected chi connectivity index (χ1v) is 6.78. The summed E-state index contributed by atoms with van der Waals surface area (Å²) in [7, 11) is 0. The Balaban J connectivity index is 2.08. The molecule has 0 saturated carbocycles. The van der Waals surface area contributed by atoms with Crippen molar-refractivity contribution in [3.63, 3.8) is 0 Å². The quantitative estimate of drug-likeness (QED) is 0.891. The fourth-order valence-corrected chi connectivity index (χ4v) is 1.64. The number of benzene rings is 1. The first-order chi connectivity index (χ1) is 10.5. The van der Waals surface area contributed by atoms with Gasteiger partial charge in [-0.05, 0) is 18.1 Å². The lowest BCUT2D eigenvalue weighted by Crippen LogP contribution is -2.27. The van der Waals surface area contributed by atoms with Gasteiger partial charge < -0.3 is 10.6 Å². The van der Waals surface area contributed by atoms with Crippen LogP contribution in [0.4, 0.5) is 20.4 Å². The zero-order chi connectivity index (χ0) is 16.1. The molecule has 0 radical (unpaired) electrons. The van der Waals surface area contributed by atoms with Crippen molar-refractivity contribution in [2.45, 2.75) is 13.8 Å². The summed E-state index contributed by atoms with van der Waals surface area (Å²) in [6.45, 7) is 4.50. The predicted octanol–water partition coefficient (Wildman–Crippen LogP) is 2.88. The van der Waals surface area contributed by atoms with Crippen molar-refractivity contribution in [3.05, 3.63) is 47.8 Å². The molecule has 116 valence electrons. The van der Waals surface area contributed by atoms with E-state index < -0.39 is 11.6 Å². The number of carbonyl (C=O) groups is 1. The number of rotatable bonds is 5. The molecule has 0 saturated heterocycles. The van der Waals surface area contributed by atoms with Crippen LogP contribution in [-0.2, 0) is 0 Å². The second-order valence-electron chi connectivity index (χ2n) is 5.12. The van der Waals surface area contributed by atoms with Gasteiger partial charge in [-0.25, -0.2) is 18.7 Å². The third-order valence-electron chi connectivity index (χ3n) is 2.78. The maximum absolute atomic E-state index is 13.5. The second-order valence-corrected chi connectivity index (χ2v) is 5.12. The first-order valence-electron chi connectivity index (χ1n) is 6.78. The number of hydrogen-bond donors (Lipinski definition) is 2. The minimum Gasteiger partial charge on any atom is -0.352 e. The van der Waals surface area contributed by atoms with Gasteiger partial charge in [0.2, 0.25) is 5.95 Å². The summed E-state index contributed by atoms with van der Waals surface area (Å²) >= 11 is 0. The van der Waals surface area contributed by atoms with Gasteiger partial charge in [-0.3, -0.25) is 4.79 Å². The van der Waals surface area contributed by atoms with Gasteiger partial charge in [0.05, 0.1) is 5.56 Å². The van der Waals surface area contributed by atoms with Crippen molar-refractivity contribution >= 4 is 17.5 Å². The fraction of sp³-hybridized carbons (Fsp3) is 0.267. The normalized spacial score (nSPS) is 10.6. The average molecular weight is 306 g/mol. The molecule has 5 nitrogen and oxygen atoms in total. The van der Waals surface area contributed by atoms with E-state index in [1.807, 2.05) is 13.8 Å². The largest absolute Gasteiger partial charge is 0.352 e. The van der Waals surface area contributed by atoms with Gasteiger partial charge in [0.15, 0.2) is 0 Å². The topological polar surface area (TPSA) is 66.9 Å². The number of carbonyl (C=O) groups excluding carboxylic acids is 1. The van der Waals surface area contributed by atoms with Gasteiger partial charge in [0.1, 0.15) is 17.3 Å². The van der Waals surface area contributed by atoms with E-state index in [9.17, 15) is 13.6 Å². The summed E-state index contributed by atoms with van der Waals surface area (Å²) in [6.07, 6.45) is 2.59. The maximum atomic E-state index is 13.5. The molecule has 2 aromatic rings. The predicted molar refractivity (Wildman–Crippen MR) is 78.8 cm³/mol. The highest BCUT2D eigenvalue weighted by Crippen LogP contribution is 2.20. The third kappa shape index (κ3) is 3.97. The molecular formula is C15H16F2N4O. The molecule has 0 aliphatic carbocycles. The smallest absolute Gasteiger partial charge is 0.254 e. The summed E-state index contributed by atoms with van der Waals surface area (Å²) in [5, 5.41) is 5.18. The molecule has 2 rings (SSSR count). The molecule has 0 bridgehead atoms. The summed E-state index contributed by atoms with van der Waals surface area (Å²) in [4.78, 5) is 19.6. The van der Waals surface area contributed by atoms with Crippen LogP contribution in [0.15, 0.2) is 30.6 Å². The summed E-state index contributed by atoms with van der Waals surface area (Å²) in [5.74, 6) is -1.46. The van der Waals surface area contributed by atoms with Crippen LogP contribution in [0.5, 0.6) is 0 Å². The van der Waals surface area contributed by atoms with Crippen molar-refractivity contribution in [2.75, 3.05) is 11.9 Å². The minimum atomic E-state index is -0.748. The van der Waals surface area contributed by atoms with E-state index in [1.54, 1.807) is 0 Å². The van der Waals surface area contributed by atoms with Crippen LogP contribution >= 0.6 is 0 Å². The molecule has 0 fully saturated rings. The lowest BCUT2D eigenvalue weighted by Gasteiger charge is -2.09. The maximum Gasteiger partial charge on any atom is 0.254 e. The molecular weight excluding hydrogens is 290 g/mol. The molecule has 2 N–H and O–H groups in total. The van der Waals surface area contributed by atoms with Crippen LogP contribution in [0.2, 0.25) is 0 Å². The van der Waals surface area contributed by atoms with Crippen LogP contribution in [0, 0.1) is 17.6 Å². The van der Waals surface area contributed by atoms with E-state index >= 15 is 0 Å². The molecule has 0 atom stereocenters. The number of amides is 1. The van der Waals surface area contributed by atoms with E-state index in [2.05, 4.69) is 20.6 Å². The molecule has 0 spiro atoms. The Labute approximate surface area is 126 Å². The Morgan fingerprint density at radius 1 is 1.18 bits per heavy atom. The van der Waals surface area contributed by atoms with Crippen molar-refractivity contribution in [1.82, 2.24) is 15.3 Å². The van der Waals surface area contributed by atoms with Crippen LogP contribution in [0.1, 0.15) is 24.2 Å². The summed E-state index contributed by atoms with van der Waals surface area (Å²) in [5.41, 5.74) is -0.0558. The number of nitrogens with zero attached hydrogens (tertiary/aromatic N) is 2. The van der Waals surface area contributed by atoms with E-state index in [0.29, 0.717) is 12.5 Å². The fourth-order valence-electron chi connectivity index (χ4n) is 1.64. The zero-order valence-electron chi connectivity index (χ0n) is 12.2. The number of anilines is 2. The van der Waals surface area contributed by atoms with Crippen LogP contribution in [0.25, 0.3) is 0 Å². The highest BCUT2D eigenvalue weighted by Gasteiger charge is 2.11. The van der Waals surface area contributed by atoms with Crippen LogP contribution in [0.3, 0.4) is 0 Å². The number of nitrogens with one attached hydrogen (secondary N) is 2. The summed E-state index contributed by atoms with van der Waals surface area (Å²) in [6, 6.07) is 3.51. The van der Waals surface area contributed by atoms with E-state index in [-0.39, 0.29) is 23.1 Å². The molecule has 1 aromatic carbocycles. The summed E-state index contributed by atoms with van der Waals surface area (Å²) < 4.78 is 27.0. The van der Waals surface area contributed by atoms with E-state index in [0.717, 1.165) is 12.1 Å². The third-order valence-corrected chi connectivity index (χ3v) is 2.78. The van der Waals surface area contributed by atoms with Crippen molar-refractivity contribution < 1.29 is 13.6 Å². The molecule has 1 heterocycles. The van der Waals surface area contributed by atoms with Gasteiger partial charge in [-0.15, -0.1) is 0 Å². The standard InChI is InChI=1S/C15H16F2N4O/c1-9(2)6-18-14(22)10-7-19-15(20-8-10)21-13-11(16)4-3-5-12(13)17/h3-5,7-9H,6H2,1-2H3,(H,18,22)(H,19,20,21). The number of hydrogen-bond acceptors (Lipinski definition) is 4. The Hall–Kier alpha value is -2.57. The highest BCUT2D eigenvalue weighted by atomic mass is 19.1. The Morgan fingerprint density at radius 3 is 2.32 bits per heavy atom. The van der Waals surface area contributed by atoms with Gasteiger partial charge in [0.25, 0.3) is 5.91 Å². The van der Waals surface area contributed by atoms with Gasteiger partial charge in [-0.2, -0.15) is 0 Å². The van der Waals surface area contributed by atoms with Crippen LogP contribution in [-0.4, -0.2) is 22.4 Å². The molecule has 0 aliphatic heterocycles. The molecule has 7 heteroatoms. The monoisotopic (exact) mass is 306 g/mol. The highest BCUT2D eigenvalue weighted by molar-refractivity contribution is 5.93. The van der Waals surface area contributed by atoms with Crippen molar-refractivity contribution in [2.24, 2.45) is 5.92 Å². The SMILES string of the molecule is CC(C)CNC(=O)c1cnc(Nc2c(F)cccc2F)nc1. The molecule has 1 amide bonds. The van der Waals surface area contributed by atoms with Crippen LogP contribution < -0.4 is 10.6 Å². The number of aromatic nitrogens is 2. The Morgan fingerprint density at radius 2 is 1.77 bits per heavy atom. The van der Waals surface area contributed by atoms with Gasteiger partial charge in [0, 0.05) is 18.9 Å². The second kappa shape index (κ2) is 6.93. The lowest BCUT2D eigenvalue weighted by atomic mass is 10.2. The molecule has 1 aromatic heterocycles. The Kier molecular flexibility index (Phi) is 4.98. The molecule has 0 unspecified atom stereocenters. The average Bonchev–Trinajstić information content (AvgIpc) is 2.49. The van der Waals surface area contributed by atoms with Crippen molar-refractivity contribution in [1.29, 1.82) is 0 Å². The van der Waals surface area contributed by atoms with E-state index in [1.165, 1.54) is 18.5 Å².